The van der Waals surface area contributed by atoms with Crippen molar-refractivity contribution in [1.29, 1.82) is 0 Å². The number of rotatable bonds is 10. The van der Waals surface area contributed by atoms with Crippen LogP contribution >= 0.6 is 0 Å². The van der Waals surface area contributed by atoms with Crippen LogP contribution in [0.15, 0.2) is 346 Å². The van der Waals surface area contributed by atoms with E-state index in [1.54, 1.807) is 0 Å². The monoisotopic (exact) mass is 1320 g/mol. The van der Waals surface area contributed by atoms with E-state index < -0.39 is 0 Å². The molecule has 0 fully saturated rings. The molecule has 5 heteroatoms. The minimum atomic E-state index is -0.0950. The summed E-state index contributed by atoms with van der Waals surface area (Å²) in [5.74, 6) is 0. The van der Waals surface area contributed by atoms with Gasteiger partial charge in [0.2, 0.25) is 0 Å². The van der Waals surface area contributed by atoms with E-state index in [4.69, 9.17) is 0 Å². The van der Waals surface area contributed by atoms with Crippen molar-refractivity contribution in [2.75, 3.05) is 9.80 Å². The van der Waals surface area contributed by atoms with Crippen LogP contribution < -0.4 is 9.80 Å². The quantitative estimate of drug-likeness (QED) is 0.137. The van der Waals surface area contributed by atoms with E-state index in [-0.39, 0.29) is 16.2 Å². The number of hydrogen-bond donors (Lipinski definition) is 0. The molecule has 103 heavy (non-hydrogen) atoms. The first-order chi connectivity index (χ1) is 50.4. The van der Waals surface area contributed by atoms with Crippen LogP contribution in [-0.4, -0.2) is 14.1 Å². The maximum atomic E-state index is 4.35. The summed E-state index contributed by atoms with van der Waals surface area (Å²) in [5.41, 5.74) is 34.7. The van der Waals surface area contributed by atoms with Crippen LogP contribution in [-0.2, 0) is 16.2 Å². The standard InChI is InChI=1S/C50H37N3.C48H38N2/c1-50(2)46-16-8-6-14-42(46)43-28-27-41(32-47(43)50)52(40-25-20-35(21-26-40)37-11-10-30-51-33-37)39-23-18-34(19-24-39)36-22-29-49-45(31-36)44-15-7-9-17-48(44)53(49)38-12-4-3-5-13-38;1-47(2)41-19-11-8-16-35(41)37-25-22-33(29-43(37)47)49(34-23-26-38-36-17-9-12-20-42(36)48(3,4)44(38)30-34)32-24-27-46-40(28-32)39-18-10-13-21-45(39)50(46)31-14-6-5-7-15-31/h3-33H,1-2H3;5-30H,1-4H3. The third kappa shape index (κ3) is 9.85. The number of para-hydroxylation sites is 4. The van der Waals surface area contributed by atoms with Gasteiger partial charge in [0.25, 0.3) is 0 Å². The van der Waals surface area contributed by atoms with Crippen molar-refractivity contribution < 1.29 is 0 Å². The molecule has 3 aliphatic carbocycles. The molecule has 3 heterocycles. The minimum absolute atomic E-state index is 0.0933. The lowest BCUT2D eigenvalue weighted by atomic mass is 9.82. The second-order valence-electron chi connectivity index (χ2n) is 29.5. The molecule has 0 spiro atoms. The third-order valence-corrected chi connectivity index (χ3v) is 22.7. The summed E-state index contributed by atoms with van der Waals surface area (Å²) in [7, 11) is 0. The lowest BCUT2D eigenvalue weighted by Crippen LogP contribution is -2.18. The Labute approximate surface area is 602 Å². The van der Waals surface area contributed by atoms with Crippen LogP contribution in [0.4, 0.5) is 34.1 Å². The van der Waals surface area contributed by atoms with Gasteiger partial charge in [0.1, 0.15) is 0 Å². The number of benzene rings is 14. The second kappa shape index (κ2) is 23.8. The van der Waals surface area contributed by atoms with Gasteiger partial charge in [0.05, 0.1) is 22.1 Å². The van der Waals surface area contributed by atoms with E-state index in [0.717, 1.165) is 33.9 Å². The molecule has 0 unspecified atom stereocenters. The zero-order valence-corrected chi connectivity index (χ0v) is 58.6. The fraction of sp³-hybridized carbons (Fsp3) is 0.0918. The summed E-state index contributed by atoms with van der Waals surface area (Å²) < 4.78 is 4.76. The average Bonchev–Trinajstić information content (AvgIpc) is 1.60. The molecule has 0 atom stereocenters. The highest BCUT2D eigenvalue weighted by Crippen LogP contribution is 2.55. The molecule has 0 saturated carbocycles. The summed E-state index contributed by atoms with van der Waals surface area (Å²) in [5, 5.41) is 5.01. The Bertz CT molecular complexity index is 6090. The molecular formula is C98H75N5. The smallest absolute Gasteiger partial charge is 0.0542 e. The van der Waals surface area contributed by atoms with Crippen molar-refractivity contribution in [3.63, 3.8) is 0 Å². The first-order valence-electron chi connectivity index (χ1n) is 36.0. The molecule has 0 bridgehead atoms. The number of fused-ring (bicyclic) bond motifs is 15. The van der Waals surface area contributed by atoms with Crippen LogP contribution in [0.5, 0.6) is 0 Å². The second-order valence-corrected chi connectivity index (χ2v) is 29.5. The van der Waals surface area contributed by atoms with Crippen molar-refractivity contribution in [2.45, 2.75) is 57.8 Å². The lowest BCUT2D eigenvalue weighted by Gasteiger charge is -2.30. The fourth-order valence-corrected chi connectivity index (χ4v) is 17.5. The predicted octanol–water partition coefficient (Wildman–Crippen LogP) is 26.2. The average molecular weight is 1320 g/mol. The van der Waals surface area contributed by atoms with Crippen molar-refractivity contribution in [2.24, 2.45) is 0 Å². The van der Waals surface area contributed by atoms with E-state index in [0.29, 0.717) is 0 Å². The number of hydrogen-bond acceptors (Lipinski definition) is 3. The normalized spacial score (nSPS) is 13.8. The molecule has 3 aliphatic rings. The summed E-state index contributed by atoms with van der Waals surface area (Å²) in [4.78, 5) is 9.21. The molecule has 3 aromatic heterocycles. The van der Waals surface area contributed by atoms with Gasteiger partial charge in [-0.2, -0.15) is 0 Å². The zero-order chi connectivity index (χ0) is 69.3. The van der Waals surface area contributed by atoms with Gasteiger partial charge in [-0.05, 0) is 222 Å². The third-order valence-electron chi connectivity index (χ3n) is 22.7. The van der Waals surface area contributed by atoms with Gasteiger partial charge in [-0.1, -0.05) is 242 Å². The van der Waals surface area contributed by atoms with Crippen LogP contribution in [0, 0.1) is 0 Å². The largest absolute Gasteiger partial charge is 0.310 e. The summed E-state index contributed by atoms with van der Waals surface area (Å²) >= 11 is 0. The first kappa shape index (κ1) is 61.5. The molecule has 0 amide bonds. The molecule has 17 aromatic rings. The Kier molecular flexibility index (Phi) is 14.2. The summed E-state index contributed by atoms with van der Waals surface area (Å²) in [6.45, 7) is 14.2. The Morgan fingerprint density at radius 1 is 0.233 bits per heavy atom. The van der Waals surface area contributed by atoms with Crippen LogP contribution in [0.3, 0.4) is 0 Å². The van der Waals surface area contributed by atoms with Gasteiger partial charge >= 0.3 is 0 Å². The summed E-state index contributed by atoms with van der Waals surface area (Å²) in [6.07, 6.45) is 3.74. The minimum Gasteiger partial charge on any atom is -0.310 e. The van der Waals surface area contributed by atoms with Crippen LogP contribution in [0.2, 0.25) is 0 Å². The molecule has 0 saturated heterocycles. The number of nitrogens with zero attached hydrogens (tertiary/aromatic N) is 5. The van der Waals surface area contributed by atoms with E-state index in [2.05, 4.69) is 393 Å². The molecule has 0 radical (unpaired) electrons. The molecule has 0 aliphatic heterocycles. The Hall–Kier alpha value is -12.6. The summed E-state index contributed by atoms with van der Waals surface area (Å²) in [6, 6.07) is 123. The molecule has 0 N–H and O–H groups in total. The maximum absolute atomic E-state index is 4.35. The van der Waals surface area contributed by atoms with E-state index in [1.165, 1.54) is 144 Å². The molecular weight excluding hydrogens is 1250 g/mol. The number of aromatic nitrogens is 3. The van der Waals surface area contributed by atoms with Gasteiger partial charge < -0.3 is 18.9 Å². The SMILES string of the molecule is CC1(C)c2ccccc2-c2ccc(N(c3ccc(-c4cccnc4)cc3)c3ccc(-c4ccc5c(c4)c4ccccc4n5-c4ccccc4)cc3)cc21.CC1(C)c2ccccc2-c2ccc(N(c3ccc4c(c3)C(C)(C)c3ccccc3-4)c3ccc4c(c3)c3ccccc3n4-c3ccccc3)cc21. The highest BCUT2D eigenvalue weighted by atomic mass is 15.1. The van der Waals surface area contributed by atoms with Crippen molar-refractivity contribution in [3.8, 4) is 67.0 Å². The predicted molar refractivity (Wildman–Crippen MR) is 432 cm³/mol. The van der Waals surface area contributed by atoms with Gasteiger partial charge in [-0.3, -0.25) is 4.98 Å². The molecule has 492 valence electrons. The highest BCUT2D eigenvalue weighted by molar-refractivity contribution is 6.12. The Morgan fingerprint density at radius 2 is 0.563 bits per heavy atom. The van der Waals surface area contributed by atoms with Gasteiger partial charge in [0.15, 0.2) is 0 Å². The fourth-order valence-electron chi connectivity index (χ4n) is 17.5. The highest BCUT2D eigenvalue weighted by Gasteiger charge is 2.39. The van der Waals surface area contributed by atoms with Crippen molar-refractivity contribution >= 4 is 77.7 Å². The molecule has 5 nitrogen and oxygen atoms in total. The van der Waals surface area contributed by atoms with Crippen molar-refractivity contribution in [1.82, 2.24) is 14.1 Å². The van der Waals surface area contributed by atoms with Gasteiger partial charge in [0, 0.05) is 95.7 Å². The first-order valence-corrected chi connectivity index (χ1v) is 36.0. The maximum Gasteiger partial charge on any atom is 0.0542 e. The lowest BCUT2D eigenvalue weighted by molar-refractivity contribution is 0.660. The molecule has 14 aromatic carbocycles. The molecule has 20 rings (SSSR count). The van der Waals surface area contributed by atoms with E-state index in [9.17, 15) is 0 Å². The number of pyridine rings is 1. The van der Waals surface area contributed by atoms with Crippen LogP contribution in [0.25, 0.3) is 111 Å². The van der Waals surface area contributed by atoms with E-state index >= 15 is 0 Å². The Balaban J connectivity index is 0.000000142. The van der Waals surface area contributed by atoms with E-state index in [1.807, 2.05) is 18.5 Å². The van der Waals surface area contributed by atoms with Gasteiger partial charge in [-0.15, -0.1) is 0 Å². The topological polar surface area (TPSA) is 29.2 Å². The zero-order valence-electron chi connectivity index (χ0n) is 58.6. The Morgan fingerprint density at radius 3 is 1.01 bits per heavy atom. The number of anilines is 6. The van der Waals surface area contributed by atoms with Gasteiger partial charge in [-0.25, -0.2) is 0 Å². The van der Waals surface area contributed by atoms with Crippen LogP contribution in [0.1, 0.15) is 74.9 Å². The van der Waals surface area contributed by atoms with Crippen molar-refractivity contribution in [3.05, 3.63) is 379 Å².